The van der Waals surface area contributed by atoms with Crippen LogP contribution in [0.1, 0.15) is 23.3 Å². The van der Waals surface area contributed by atoms with Crippen LogP contribution in [-0.4, -0.2) is 18.6 Å². The number of nitrogens with zero attached hydrogens (tertiary/aromatic N) is 2. The van der Waals surface area contributed by atoms with Crippen molar-refractivity contribution in [1.29, 1.82) is 0 Å². The number of nitrogens with one attached hydrogen (secondary N) is 1. The SMILES string of the molecule is CCc1ccc(S(=O)(=O)Nc2ccccc2Cc2nc(-c3cccs3)no2)s1. The Labute approximate surface area is 170 Å². The van der Waals surface area contributed by atoms with Crippen LogP contribution >= 0.6 is 22.7 Å². The van der Waals surface area contributed by atoms with Crippen molar-refractivity contribution in [2.45, 2.75) is 24.0 Å². The topological polar surface area (TPSA) is 85.1 Å². The monoisotopic (exact) mass is 431 g/mol. The highest BCUT2D eigenvalue weighted by Gasteiger charge is 2.19. The van der Waals surface area contributed by atoms with E-state index in [9.17, 15) is 8.42 Å². The minimum Gasteiger partial charge on any atom is -0.339 e. The molecule has 1 aromatic carbocycles. The van der Waals surface area contributed by atoms with Gasteiger partial charge in [0.05, 0.1) is 17.0 Å². The number of hydrogen-bond acceptors (Lipinski definition) is 7. The van der Waals surface area contributed by atoms with Crippen molar-refractivity contribution in [3.8, 4) is 10.7 Å². The highest BCUT2D eigenvalue weighted by atomic mass is 32.2. The van der Waals surface area contributed by atoms with Crippen LogP contribution in [0.25, 0.3) is 10.7 Å². The fourth-order valence-corrected chi connectivity index (χ4v) is 5.70. The molecule has 0 saturated heterocycles. The zero-order valence-corrected chi connectivity index (χ0v) is 17.4. The normalized spacial score (nSPS) is 11.6. The summed E-state index contributed by atoms with van der Waals surface area (Å²) in [7, 11) is -3.64. The number of rotatable bonds is 7. The van der Waals surface area contributed by atoms with Gasteiger partial charge in [-0.25, -0.2) is 8.42 Å². The van der Waals surface area contributed by atoms with Gasteiger partial charge in [0.2, 0.25) is 11.7 Å². The van der Waals surface area contributed by atoms with Gasteiger partial charge in [0, 0.05) is 4.88 Å². The van der Waals surface area contributed by atoms with Crippen molar-refractivity contribution in [2.24, 2.45) is 0 Å². The van der Waals surface area contributed by atoms with Gasteiger partial charge >= 0.3 is 0 Å². The van der Waals surface area contributed by atoms with Crippen molar-refractivity contribution < 1.29 is 12.9 Å². The smallest absolute Gasteiger partial charge is 0.271 e. The van der Waals surface area contributed by atoms with E-state index in [0.29, 0.717) is 28.0 Å². The van der Waals surface area contributed by atoms with Gasteiger partial charge in [0.25, 0.3) is 10.0 Å². The third kappa shape index (κ3) is 4.01. The van der Waals surface area contributed by atoms with E-state index in [4.69, 9.17) is 4.52 Å². The third-order valence-electron chi connectivity index (χ3n) is 4.06. The van der Waals surface area contributed by atoms with Crippen molar-refractivity contribution in [2.75, 3.05) is 4.72 Å². The molecule has 3 heterocycles. The molecule has 0 aliphatic rings. The molecule has 0 unspecified atom stereocenters. The predicted octanol–water partition coefficient (Wildman–Crippen LogP) is 4.81. The molecule has 0 aliphatic carbocycles. The fourth-order valence-electron chi connectivity index (χ4n) is 2.66. The first-order chi connectivity index (χ1) is 13.5. The van der Waals surface area contributed by atoms with Crippen LogP contribution in [-0.2, 0) is 22.9 Å². The maximum Gasteiger partial charge on any atom is 0.271 e. The molecule has 6 nitrogen and oxygen atoms in total. The van der Waals surface area contributed by atoms with Crippen molar-refractivity contribution in [3.63, 3.8) is 0 Å². The number of hydrogen-bond donors (Lipinski definition) is 1. The fraction of sp³-hybridized carbons (Fsp3) is 0.158. The van der Waals surface area contributed by atoms with E-state index in [0.717, 1.165) is 21.7 Å². The highest BCUT2D eigenvalue weighted by molar-refractivity contribution is 7.94. The number of aromatic nitrogens is 2. The molecule has 0 amide bonds. The maximum absolute atomic E-state index is 12.7. The average Bonchev–Trinajstić information content (AvgIpc) is 3.44. The Morgan fingerprint density at radius 1 is 1.11 bits per heavy atom. The van der Waals surface area contributed by atoms with Crippen molar-refractivity contribution in [1.82, 2.24) is 10.1 Å². The first kappa shape index (κ1) is 18.9. The largest absolute Gasteiger partial charge is 0.339 e. The molecule has 3 aromatic heterocycles. The number of sulfonamides is 1. The Kier molecular flexibility index (Phi) is 5.29. The lowest BCUT2D eigenvalue weighted by Crippen LogP contribution is -2.13. The molecule has 0 fully saturated rings. The van der Waals surface area contributed by atoms with E-state index in [1.54, 1.807) is 18.2 Å². The minimum atomic E-state index is -3.64. The van der Waals surface area contributed by atoms with Gasteiger partial charge in [-0.05, 0) is 41.6 Å². The second-order valence-corrected chi connectivity index (χ2v) is 10.0. The summed E-state index contributed by atoms with van der Waals surface area (Å²) in [4.78, 5) is 6.37. The molecule has 0 radical (unpaired) electrons. The molecule has 0 bridgehead atoms. The van der Waals surface area contributed by atoms with Gasteiger partial charge in [0.15, 0.2) is 0 Å². The minimum absolute atomic E-state index is 0.303. The molecule has 144 valence electrons. The summed E-state index contributed by atoms with van der Waals surface area (Å²) < 4.78 is 33.8. The van der Waals surface area contributed by atoms with Crippen LogP contribution in [0.3, 0.4) is 0 Å². The van der Waals surface area contributed by atoms with E-state index in [2.05, 4.69) is 14.9 Å². The van der Waals surface area contributed by atoms with Crippen LogP contribution in [0, 0.1) is 0 Å². The lowest BCUT2D eigenvalue weighted by Gasteiger charge is -2.10. The number of benzene rings is 1. The summed E-state index contributed by atoms with van der Waals surface area (Å²) in [6.45, 7) is 2.00. The van der Waals surface area contributed by atoms with E-state index in [1.807, 2.05) is 42.6 Å². The molecule has 0 atom stereocenters. The van der Waals surface area contributed by atoms with Gasteiger partial charge in [-0.1, -0.05) is 36.3 Å². The summed E-state index contributed by atoms with van der Waals surface area (Å²) >= 11 is 2.81. The van der Waals surface area contributed by atoms with E-state index in [-0.39, 0.29) is 0 Å². The lowest BCUT2D eigenvalue weighted by atomic mass is 10.1. The van der Waals surface area contributed by atoms with E-state index in [1.165, 1.54) is 22.7 Å². The van der Waals surface area contributed by atoms with Gasteiger partial charge in [-0.2, -0.15) is 4.98 Å². The Morgan fingerprint density at radius 3 is 2.71 bits per heavy atom. The number of anilines is 1. The molecule has 0 saturated carbocycles. The zero-order chi connectivity index (χ0) is 19.6. The molecule has 4 rings (SSSR count). The van der Waals surface area contributed by atoms with Crippen LogP contribution in [0.15, 0.2) is 62.6 Å². The number of para-hydroxylation sites is 1. The Morgan fingerprint density at radius 2 is 1.96 bits per heavy atom. The zero-order valence-electron chi connectivity index (χ0n) is 15.0. The van der Waals surface area contributed by atoms with Gasteiger partial charge in [0.1, 0.15) is 4.21 Å². The summed E-state index contributed by atoms with van der Waals surface area (Å²) in [6, 6.07) is 14.6. The quantitative estimate of drug-likeness (QED) is 0.454. The maximum atomic E-state index is 12.7. The van der Waals surface area contributed by atoms with Gasteiger partial charge in [-0.3, -0.25) is 4.72 Å². The Hall–Kier alpha value is -2.49. The summed E-state index contributed by atoms with van der Waals surface area (Å²) in [5.74, 6) is 0.966. The standard InChI is InChI=1S/C19H17N3O3S3/c1-2-14-9-10-18(27-14)28(23,24)22-15-7-4-3-6-13(15)12-17-20-19(21-25-17)16-8-5-11-26-16/h3-11,22H,2,12H2,1H3. The molecule has 0 aliphatic heterocycles. The molecular weight excluding hydrogens is 414 g/mol. The molecule has 28 heavy (non-hydrogen) atoms. The first-order valence-corrected chi connectivity index (χ1v) is 11.8. The van der Waals surface area contributed by atoms with Crippen molar-refractivity contribution in [3.05, 3.63) is 70.2 Å². The summed E-state index contributed by atoms with van der Waals surface area (Å²) in [6.07, 6.45) is 1.14. The molecule has 1 N–H and O–H groups in total. The average molecular weight is 432 g/mol. The number of thiophene rings is 2. The van der Waals surface area contributed by atoms with Crippen LogP contribution in [0.5, 0.6) is 0 Å². The predicted molar refractivity (Wildman–Crippen MR) is 111 cm³/mol. The van der Waals surface area contributed by atoms with Gasteiger partial charge < -0.3 is 4.52 Å². The third-order valence-corrected chi connectivity index (χ3v) is 8.02. The summed E-state index contributed by atoms with van der Waals surface area (Å²) in [5, 5.41) is 5.95. The van der Waals surface area contributed by atoms with Gasteiger partial charge in [-0.15, -0.1) is 22.7 Å². The second-order valence-electron chi connectivity index (χ2n) is 6.00. The van der Waals surface area contributed by atoms with Crippen LogP contribution < -0.4 is 4.72 Å². The Bertz CT molecular complexity index is 1180. The van der Waals surface area contributed by atoms with Crippen molar-refractivity contribution >= 4 is 38.4 Å². The molecule has 4 aromatic rings. The number of aryl methyl sites for hydroxylation is 1. The van der Waals surface area contributed by atoms with Crippen LogP contribution in [0.2, 0.25) is 0 Å². The summed E-state index contributed by atoms with van der Waals surface area (Å²) in [5.41, 5.74) is 1.27. The van der Waals surface area contributed by atoms with Crippen LogP contribution in [0.4, 0.5) is 5.69 Å². The highest BCUT2D eigenvalue weighted by Crippen LogP contribution is 2.27. The van der Waals surface area contributed by atoms with E-state index >= 15 is 0 Å². The molecule has 0 spiro atoms. The lowest BCUT2D eigenvalue weighted by molar-refractivity contribution is 0.386. The van der Waals surface area contributed by atoms with E-state index < -0.39 is 10.0 Å². The first-order valence-electron chi connectivity index (χ1n) is 8.61. The Balaban J connectivity index is 1.57. The molecule has 9 heteroatoms. The molecular formula is C19H17N3O3S3. The second kappa shape index (κ2) is 7.86.